The smallest absolute Gasteiger partial charge is 0.319 e. The monoisotopic (exact) mass is 417 g/mol. The Morgan fingerprint density at radius 1 is 1.00 bits per heavy atom. The van der Waals surface area contributed by atoms with Gasteiger partial charge < -0.3 is 16.0 Å². The van der Waals surface area contributed by atoms with E-state index in [1.807, 2.05) is 37.3 Å². The van der Waals surface area contributed by atoms with Crippen molar-refractivity contribution in [3.63, 3.8) is 0 Å². The Balaban J connectivity index is 1.43. The number of nitrogens with one attached hydrogen (secondary N) is 3. The molecule has 7 nitrogen and oxygen atoms in total. The largest absolute Gasteiger partial charge is 0.334 e. The van der Waals surface area contributed by atoms with E-state index in [-0.39, 0.29) is 18.1 Å². The molecule has 8 heteroatoms. The molecule has 0 fully saturated rings. The van der Waals surface area contributed by atoms with Gasteiger partial charge in [-0.05, 0) is 48.4 Å². The highest BCUT2D eigenvalue weighted by molar-refractivity contribution is 6.04. The summed E-state index contributed by atoms with van der Waals surface area (Å²) >= 11 is 0. The molecule has 0 atom stereocenters. The van der Waals surface area contributed by atoms with Crippen LogP contribution in [0.15, 0.2) is 73.1 Å². The molecule has 3 amide bonds. The summed E-state index contributed by atoms with van der Waals surface area (Å²) in [7, 11) is 0. The number of fused-ring (bicyclic) bond motifs is 1. The first-order valence-corrected chi connectivity index (χ1v) is 9.63. The van der Waals surface area contributed by atoms with Crippen molar-refractivity contribution in [2.75, 3.05) is 10.6 Å². The van der Waals surface area contributed by atoms with E-state index < -0.39 is 11.8 Å². The SMILES string of the molecule is Cc1ccc(CNC(=O)Nc2ccccc2F)cc1NC(=O)c1cnc2ccccn12. The molecule has 0 aliphatic carbocycles. The van der Waals surface area contributed by atoms with Crippen LogP contribution < -0.4 is 16.0 Å². The normalized spacial score (nSPS) is 10.6. The molecule has 3 N–H and O–H groups in total. The predicted molar refractivity (Wildman–Crippen MR) is 117 cm³/mol. The Kier molecular flexibility index (Phi) is 5.61. The average molecular weight is 417 g/mol. The molecular formula is C23H20FN5O2. The number of nitrogens with zero attached hydrogens (tertiary/aromatic N) is 2. The predicted octanol–water partition coefficient (Wildman–Crippen LogP) is 4.36. The molecule has 0 bridgehead atoms. The van der Waals surface area contributed by atoms with Gasteiger partial charge in [-0.3, -0.25) is 9.20 Å². The van der Waals surface area contributed by atoms with Gasteiger partial charge in [-0.1, -0.05) is 30.3 Å². The fourth-order valence-corrected chi connectivity index (χ4v) is 3.11. The fourth-order valence-electron chi connectivity index (χ4n) is 3.11. The van der Waals surface area contributed by atoms with Crippen LogP contribution in [0.25, 0.3) is 5.65 Å². The molecule has 2 aromatic heterocycles. The average Bonchev–Trinajstić information content (AvgIpc) is 3.20. The number of carbonyl (C=O) groups is 2. The Morgan fingerprint density at radius 2 is 1.81 bits per heavy atom. The Bertz CT molecular complexity index is 1270. The number of para-hydroxylation sites is 1. The second kappa shape index (κ2) is 8.66. The molecule has 4 aromatic rings. The maximum atomic E-state index is 13.7. The second-order valence-corrected chi connectivity index (χ2v) is 6.96. The van der Waals surface area contributed by atoms with Gasteiger partial charge in [0.15, 0.2) is 0 Å². The van der Waals surface area contributed by atoms with Crippen LogP contribution in [0, 0.1) is 12.7 Å². The lowest BCUT2D eigenvalue weighted by molar-refractivity contribution is 0.102. The number of halogens is 1. The van der Waals surface area contributed by atoms with Gasteiger partial charge in [-0.25, -0.2) is 14.2 Å². The molecule has 2 heterocycles. The van der Waals surface area contributed by atoms with Crippen LogP contribution >= 0.6 is 0 Å². The number of benzene rings is 2. The second-order valence-electron chi connectivity index (χ2n) is 6.96. The van der Waals surface area contributed by atoms with Gasteiger partial charge in [0.05, 0.1) is 11.9 Å². The van der Waals surface area contributed by atoms with Gasteiger partial charge in [0, 0.05) is 18.4 Å². The summed E-state index contributed by atoms with van der Waals surface area (Å²) in [5.74, 6) is -0.797. The molecule has 31 heavy (non-hydrogen) atoms. The highest BCUT2D eigenvalue weighted by Crippen LogP contribution is 2.19. The first kappa shape index (κ1) is 20.1. The first-order valence-electron chi connectivity index (χ1n) is 9.63. The number of imidazole rings is 1. The number of carbonyl (C=O) groups excluding carboxylic acids is 2. The zero-order valence-electron chi connectivity index (χ0n) is 16.7. The maximum Gasteiger partial charge on any atom is 0.319 e. The van der Waals surface area contributed by atoms with Crippen LogP contribution in [0.3, 0.4) is 0 Å². The third-order valence-electron chi connectivity index (χ3n) is 4.77. The van der Waals surface area contributed by atoms with Gasteiger partial charge in [-0.15, -0.1) is 0 Å². The van der Waals surface area contributed by atoms with E-state index in [9.17, 15) is 14.0 Å². The molecule has 0 radical (unpaired) electrons. The summed E-state index contributed by atoms with van der Waals surface area (Å²) in [4.78, 5) is 29.1. The summed E-state index contributed by atoms with van der Waals surface area (Å²) in [5.41, 5.74) is 3.49. The summed E-state index contributed by atoms with van der Waals surface area (Å²) in [6, 6.07) is 16.4. The van der Waals surface area contributed by atoms with Crippen molar-refractivity contribution in [1.82, 2.24) is 14.7 Å². The van der Waals surface area contributed by atoms with Gasteiger partial charge in [0.1, 0.15) is 17.2 Å². The molecule has 0 saturated carbocycles. The minimum atomic E-state index is -0.526. The topological polar surface area (TPSA) is 87.5 Å². The summed E-state index contributed by atoms with van der Waals surface area (Å²) < 4.78 is 15.4. The van der Waals surface area contributed by atoms with Crippen molar-refractivity contribution in [3.8, 4) is 0 Å². The summed E-state index contributed by atoms with van der Waals surface area (Å²) in [6.45, 7) is 2.09. The number of anilines is 2. The fraction of sp³-hybridized carbons (Fsp3) is 0.0870. The van der Waals surface area contributed by atoms with E-state index in [2.05, 4.69) is 20.9 Å². The number of pyridine rings is 1. The van der Waals surface area contributed by atoms with Crippen molar-refractivity contribution in [3.05, 3.63) is 95.7 Å². The van der Waals surface area contributed by atoms with Crippen molar-refractivity contribution < 1.29 is 14.0 Å². The van der Waals surface area contributed by atoms with E-state index in [4.69, 9.17) is 0 Å². The minimum Gasteiger partial charge on any atom is -0.334 e. The van der Waals surface area contributed by atoms with Crippen molar-refractivity contribution in [2.45, 2.75) is 13.5 Å². The molecule has 4 rings (SSSR count). The third-order valence-corrected chi connectivity index (χ3v) is 4.77. The molecule has 0 spiro atoms. The number of urea groups is 1. The molecule has 156 valence electrons. The summed E-state index contributed by atoms with van der Waals surface area (Å²) in [5, 5.41) is 8.05. The van der Waals surface area contributed by atoms with E-state index >= 15 is 0 Å². The maximum absolute atomic E-state index is 13.7. The number of hydrogen-bond donors (Lipinski definition) is 3. The number of aryl methyl sites for hydroxylation is 1. The van der Waals surface area contributed by atoms with E-state index in [0.717, 1.165) is 11.1 Å². The lowest BCUT2D eigenvalue weighted by atomic mass is 10.1. The quantitative estimate of drug-likeness (QED) is 0.451. The zero-order chi connectivity index (χ0) is 21.8. The number of hydrogen-bond acceptors (Lipinski definition) is 3. The Hall–Kier alpha value is -4.20. The van der Waals surface area contributed by atoms with Gasteiger partial charge in [-0.2, -0.15) is 0 Å². The van der Waals surface area contributed by atoms with Gasteiger partial charge in [0.25, 0.3) is 5.91 Å². The van der Waals surface area contributed by atoms with Crippen LogP contribution in [-0.2, 0) is 6.54 Å². The van der Waals surface area contributed by atoms with Gasteiger partial charge in [0.2, 0.25) is 0 Å². The van der Waals surface area contributed by atoms with Crippen molar-refractivity contribution in [1.29, 1.82) is 0 Å². The molecule has 0 saturated heterocycles. The lowest BCUT2D eigenvalue weighted by Crippen LogP contribution is -2.28. The van der Waals surface area contributed by atoms with Crippen LogP contribution in [0.1, 0.15) is 21.6 Å². The summed E-state index contributed by atoms with van der Waals surface area (Å²) in [6.07, 6.45) is 3.30. The minimum absolute atomic E-state index is 0.102. The highest BCUT2D eigenvalue weighted by atomic mass is 19.1. The van der Waals surface area contributed by atoms with Gasteiger partial charge >= 0.3 is 6.03 Å². The van der Waals surface area contributed by atoms with Crippen LogP contribution in [0.5, 0.6) is 0 Å². The van der Waals surface area contributed by atoms with E-state index in [1.165, 1.54) is 18.3 Å². The number of amides is 3. The standard InChI is InChI=1S/C23H20FN5O2/c1-15-9-10-16(13-26-23(31)28-18-7-3-2-6-17(18)24)12-19(15)27-22(30)20-14-25-21-8-4-5-11-29(20)21/h2-12,14H,13H2,1H3,(H,27,30)(H2,26,28,31). The van der Waals surface area contributed by atoms with Crippen LogP contribution in [0.2, 0.25) is 0 Å². The molecular weight excluding hydrogens is 397 g/mol. The third kappa shape index (κ3) is 4.53. The molecule has 0 aliphatic heterocycles. The molecule has 0 unspecified atom stereocenters. The number of rotatable bonds is 5. The van der Waals surface area contributed by atoms with E-state index in [0.29, 0.717) is 17.0 Å². The molecule has 2 aromatic carbocycles. The lowest BCUT2D eigenvalue weighted by Gasteiger charge is -2.12. The van der Waals surface area contributed by atoms with Crippen LogP contribution in [-0.4, -0.2) is 21.3 Å². The Labute approximate surface area is 177 Å². The van der Waals surface area contributed by atoms with Crippen molar-refractivity contribution >= 4 is 29.0 Å². The first-order chi connectivity index (χ1) is 15.0. The van der Waals surface area contributed by atoms with E-state index in [1.54, 1.807) is 28.8 Å². The van der Waals surface area contributed by atoms with Crippen LogP contribution in [0.4, 0.5) is 20.6 Å². The zero-order valence-corrected chi connectivity index (χ0v) is 16.7. The number of aromatic nitrogens is 2. The molecule has 0 aliphatic rings. The van der Waals surface area contributed by atoms with Crippen molar-refractivity contribution in [2.24, 2.45) is 0 Å². The highest BCUT2D eigenvalue weighted by Gasteiger charge is 2.13. The Morgan fingerprint density at radius 3 is 2.65 bits per heavy atom.